The van der Waals surface area contributed by atoms with Crippen LogP contribution in [0.15, 0.2) is 0 Å². The van der Waals surface area contributed by atoms with Gasteiger partial charge in [0, 0.05) is 6.61 Å². The molecule has 0 atom stereocenters. The van der Waals surface area contributed by atoms with Gasteiger partial charge in [0.15, 0.2) is 0 Å². The van der Waals surface area contributed by atoms with Crippen molar-refractivity contribution in [2.45, 2.75) is 40.0 Å². The van der Waals surface area contributed by atoms with Gasteiger partial charge >= 0.3 is 0 Å². The molecule has 12 heavy (non-hydrogen) atoms. The highest BCUT2D eigenvalue weighted by Crippen LogP contribution is 2.56. The van der Waals surface area contributed by atoms with E-state index >= 15 is 0 Å². The molecular weight excluding hydrogens is 148 g/mol. The van der Waals surface area contributed by atoms with Crippen molar-refractivity contribution < 1.29 is 4.74 Å². The molecule has 1 heteroatoms. The quantitative estimate of drug-likeness (QED) is 0.540. The van der Waals surface area contributed by atoms with Gasteiger partial charge < -0.3 is 4.74 Å². The van der Waals surface area contributed by atoms with Crippen LogP contribution in [0.2, 0.25) is 0 Å². The second kappa shape index (κ2) is 2.47. The molecular formula is C11H20O. The van der Waals surface area contributed by atoms with E-state index in [0.29, 0.717) is 10.8 Å². The van der Waals surface area contributed by atoms with Gasteiger partial charge in [0.25, 0.3) is 0 Å². The largest absolute Gasteiger partial charge is 0.381 e. The molecule has 1 nitrogen and oxygen atoms in total. The monoisotopic (exact) mass is 168 g/mol. The van der Waals surface area contributed by atoms with Crippen molar-refractivity contribution in [3.05, 3.63) is 0 Å². The van der Waals surface area contributed by atoms with E-state index in [9.17, 15) is 0 Å². The average Bonchev–Trinajstić information content (AvgIpc) is 2.27. The summed E-state index contributed by atoms with van der Waals surface area (Å²) in [5.41, 5.74) is 1.14. The second-order valence-corrected chi connectivity index (χ2v) is 5.77. The standard InChI is InChI=1S/C11H20O/c1-10(2,3)9-6-11(7-9)4-5-12-8-11/h9H,4-8H2,1-3H3. The maximum absolute atomic E-state index is 5.46. The topological polar surface area (TPSA) is 9.23 Å². The maximum Gasteiger partial charge on any atom is 0.0523 e. The lowest BCUT2D eigenvalue weighted by Crippen LogP contribution is -2.43. The van der Waals surface area contributed by atoms with Crippen molar-refractivity contribution in [1.29, 1.82) is 0 Å². The average molecular weight is 168 g/mol. The summed E-state index contributed by atoms with van der Waals surface area (Å²) in [6.45, 7) is 9.14. The van der Waals surface area contributed by atoms with Gasteiger partial charge in [-0.25, -0.2) is 0 Å². The number of hydrogen-bond acceptors (Lipinski definition) is 1. The van der Waals surface area contributed by atoms with Crippen molar-refractivity contribution in [1.82, 2.24) is 0 Å². The van der Waals surface area contributed by atoms with Crippen LogP contribution in [-0.2, 0) is 4.74 Å². The van der Waals surface area contributed by atoms with Gasteiger partial charge in [0.2, 0.25) is 0 Å². The third-order valence-electron chi connectivity index (χ3n) is 3.77. The summed E-state index contributed by atoms with van der Waals surface area (Å²) in [5.74, 6) is 0.944. The fraction of sp³-hybridized carbons (Fsp3) is 1.00. The van der Waals surface area contributed by atoms with Crippen LogP contribution in [0.1, 0.15) is 40.0 Å². The molecule has 0 bridgehead atoms. The molecule has 0 aromatic rings. The van der Waals surface area contributed by atoms with Crippen molar-refractivity contribution >= 4 is 0 Å². The summed E-state index contributed by atoms with van der Waals surface area (Å²) in [6.07, 6.45) is 4.15. The molecule has 0 amide bonds. The van der Waals surface area contributed by atoms with Crippen LogP contribution in [0, 0.1) is 16.7 Å². The van der Waals surface area contributed by atoms with E-state index in [1.54, 1.807) is 0 Å². The Balaban J connectivity index is 1.90. The van der Waals surface area contributed by atoms with Crippen LogP contribution in [0.3, 0.4) is 0 Å². The molecule has 0 aromatic heterocycles. The third kappa shape index (κ3) is 1.28. The minimum atomic E-state index is 0.522. The molecule has 1 heterocycles. The van der Waals surface area contributed by atoms with Crippen molar-refractivity contribution in [2.24, 2.45) is 16.7 Å². The van der Waals surface area contributed by atoms with Crippen LogP contribution >= 0.6 is 0 Å². The molecule has 2 aliphatic rings. The van der Waals surface area contributed by atoms with Gasteiger partial charge in [-0.2, -0.15) is 0 Å². The lowest BCUT2D eigenvalue weighted by atomic mass is 9.54. The highest BCUT2D eigenvalue weighted by Gasteiger charge is 2.50. The Labute approximate surface area is 75.5 Å². The molecule has 1 aliphatic carbocycles. The fourth-order valence-electron chi connectivity index (χ4n) is 2.57. The van der Waals surface area contributed by atoms with Gasteiger partial charge in [-0.3, -0.25) is 0 Å². The molecule has 2 fully saturated rings. The van der Waals surface area contributed by atoms with E-state index in [2.05, 4.69) is 20.8 Å². The Morgan fingerprint density at radius 2 is 1.92 bits per heavy atom. The number of hydrogen-bond donors (Lipinski definition) is 0. The van der Waals surface area contributed by atoms with Crippen LogP contribution in [0.5, 0.6) is 0 Å². The van der Waals surface area contributed by atoms with Crippen molar-refractivity contribution in [3.8, 4) is 0 Å². The first-order chi connectivity index (χ1) is 5.52. The zero-order chi connectivity index (χ0) is 8.82. The molecule has 0 unspecified atom stereocenters. The van der Waals surface area contributed by atoms with E-state index in [1.165, 1.54) is 19.3 Å². The van der Waals surface area contributed by atoms with Gasteiger partial charge in [0.1, 0.15) is 0 Å². The normalized spacial score (nSPS) is 41.8. The Bertz CT molecular complexity index is 164. The van der Waals surface area contributed by atoms with Gasteiger partial charge in [-0.05, 0) is 36.0 Å². The summed E-state index contributed by atoms with van der Waals surface area (Å²) in [5, 5.41) is 0. The zero-order valence-electron chi connectivity index (χ0n) is 8.52. The molecule has 1 spiro atoms. The molecule has 0 N–H and O–H groups in total. The SMILES string of the molecule is CC(C)(C)C1CC2(CCOC2)C1. The predicted molar refractivity (Wildman–Crippen MR) is 50.0 cm³/mol. The van der Waals surface area contributed by atoms with Gasteiger partial charge in [-0.1, -0.05) is 20.8 Å². The molecule has 2 rings (SSSR count). The second-order valence-electron chi connectivity index (χ2n) is 5.77. The Hall–Kier alpha value is -0.0400. The minimum absolute atomic E-state index is 0.522. The van der Waals surface area contributed by atoms with Crippen LogP contribution < -0.4 is 0 Å². The molecule has 1 aliphatic heterocycles. The highest BCUT2D eigenvalue weighted by molar-refractivity contribution is 4.99. The highest BCUT2D eigenvalue weighted by atomic mass is 16.5. The zero-order valence-corrected chi connectivity index (χ0v) is 8.52. The molecule has 0 aromatic carbocycles. The molecule has 1 saturated carbocycles. The number of ether oxygens (including phenoxy) is 1. The van der Waals surface area contributed by atoms with E-state index in [0.717, 1.165) is 19.1 Å². The fourth-order valence-corrected chi connectivity index (χ4v) is 2.57. The van der Waals surface area contributed by atoms with E-state index < -0.39 is 0 Å². The first kappa shape index (κ1) is 8.55. The van der Waals surface area contributed by atoms with E-state index in [1.807, 2.05) is 0 Å². The van der Waals surface area contributed by atoms with Crippen molar-refractivity contribution in [3.63, 3.8) is 0 Å². The summed E-state index contributed by atoms with van der Waals surface area (Å²) in [6, 6.07) is 0. The Kier molecular flexibility index (Phi) is 1.76. The number of rotatable bonds is 0. The van der Waals surface area contributed by atoms with Crippen molar-refractivity contribution in [2.75, 3.05) is 13.2 Å². The van der Waals surface area contributed by atoms with Crippen LogP contribution in [0.25, 0.3) is 0 Å². The third-order valence-corrected chi connectivity index (χ3v) is 3.77. The first-order valence-corrected chi connectivity index (χ1v) is 5.10. The van der Waals surface area contributed by atoms with E-state index in [-0.39, 0.29) is 0 Å². The Morgan fingerprint density at radius 1 is 1.25 bits per heavy atom. The summed E-state index contributed by atoms with van der Waals surface area (Å²) in [7, 11) is 0. The van der Waals surface area contributed by atoms with Crippen LogP contribution in [-0.4, -0.2) is 13.2 Å². The lowest BCUT2D eigenvalue weighted by molar-refractivity contribution is -0.0190. The predicted octanol–water partition coefficient (Wildman–Crippen LogP) is 2.85. The first-order valence-electron chi connectivity index (χ1n) is 5.10. The maximum atomic E-state index is 5.46. The minimum Gasteiger partial charge on any atom is -0.381 e. The lowest BCUT2D eigenvalue weighted by Gasteiger charge is -2.50. The summed E-state index contributed by atoms with van der Waals surface area (Å²) in [4.78, 5) is 0. The van der Waals surface area contributed by atoms with Gasteiger partial charge in [0.05, 0.1) is 6.61 Å². The molecule has 70 valence electrons. The molecule has 0 radical (unpaired) electrons. The van der Waals surface area contributed by atoms with Crippen LogP contribution in [0.4, 0.5) is 0 Å². The summed E-state index contributed by atoms with van der Waals surface area (Å²) < 4.78 is 5.46. The van der Waals surface area contributed by atoms with Gasteiger partial charge in [-0.15, -0.1) is 0 Å². The van der Waals surface area contributed by atoms with E-state index in [4.69, 9.17) is 4.74 Å². The Morgan fingerprint density at radius 3 is 2.33 bits per heavy atom. The summed E-state index contributed by atoms with van der Waals surface area (Å²) >= 11 is 0. The molecule has 1 saturated heterocycles. The smallest absolute Gasteiger partial charge is 0.0523 e.